The number of halogens is 2. The molecule has 2 rings (SSSR count). The maximum Gasteiger partial charge on any atom is 0.138 e. The summed E-state index contributed by atoms with van der Waals surface area (Å²) in [5.74, 6) is 0.866. The standard InChI is InChI=1S/C12H14Br2N4O/c1-2-3-19-12-9(4-10(13)5-11(12)14)6-17-18-7-15-16-8-18/h4-5,7-8,17H,2-3,6H2,1H3. The second-order valence-corrected chi connectivity index (χ2v) is 5.70. The summed E-state index contributed by atoms with van der Waals surface area (Å²) in [6.07, 6.45) is 4.19. The summed E-state index contributed by atoms with van der Waals surface area (Å²) in [4.78, 5) is 0. The Kier molecular flexibility index (Phi) is 5.21. The molecule has 102 valence electrons. The first-order valence-corrected chi connectivity index (χ1v) is 7.48. The zero-order chi connectivity index (χ0) is 13.7. The Labute approximate surface area is 128 Å². The van der Waals surface area contributed by atoms with Crippen LogP contribution < -0.4 is 10.2 Å². The Hall–Kier alpha value is -1.08. The molecule has 1 aromatic heterocycles. The van der Waals surface area contributed by atoms with Gasteiger partial charge in [-0.3, -0.25) is 0 Å². The summed E-state index contributed by atoms with van der Waals surface area (Å²) in [6.45, 7) is 3.40. The van der Waals surface area contributed by atoms with E-state index in [-0.39, 0.29) is 0 Å². The lowest BCUT2D eigenvalue weighted by Gasteiger charge is -2.14. The van der Waals surface area contributed by atoms with Crippen LogP contribution in [0.2, 0.25) is 0 Å². The first-order valence-electron chi connectivity index (χ1n) is 5.90. The van der Waals surface area contributed by atoms with Crippen molar-refractivity contribution in [3.8, 4) is 5.75 Å². The van der Waals surface area contributed by atoms with Crippen molar-refractivity contribution in [1.29, 1.82) is 0 Å². The summed E-state index contributed by atoms with van der Waals surface area (Å²) < 4.78 is 9.44. The maximum atomic E-state index is 5.79. The monoisotopic (exact) mass is 388 g/mol. The molecule has 1 heterocycles. The lowest BCUT2D eigenvalue weighted by atomic mass is 10.2. The predicted octanol–water partition coefficient (Wildman–Crippen LogP) is 3.34. The SMILES string of the molecule is CCCOc1c(Br)cc(Br)cc1CNn1cnnc1. The fourth-order valence-electron chi connectivity index (χ4n) is 1.57. The van der Waals surface area contributed by atoms with Crippen LogP contribution in [0, 0.1) is 0 Å². The van der Waals surface area contributed by atoms with Gasteiger partial charge in [-0.05, 0) is 34.5 Å². The number of nitrogens with one attached hydrogen (secondary N) is 1. The van der Waals surface area contributed by atoms with Gasteiger partial charge in [-0.2, -0.15) is 0 Å². The van der Waals surface area contributed by atoms with E-state index in [1.807, 2.05) is 12.1 Å². The molecule has 0 aliphatic rings. The summed E-state index contributed by atoms with van der Waals surface area (Å²) in [6, 6.07) is 4.01. The molecule has 0 atom stereocenters. The largest absolute Gasteiger partial charge is 0.492 e. The Bertz CT molecular complexity index is 531. The minimum atomic E-state index is 0.620. The molecule has 0 aliphatic carbocycles. The van der Waals surface area contributed by atoms with Gasteiger partial charge in [0.1, 0.15) is 18.4 Å². The first-order chi connectivity index (χ1) is 9.20. The van der Waals surface area contributed by atoms with Gasteiger partial charge in [-0.1, -0.05) is 22.9 Å². The molecular weight excluding hydrogens is 376 g/mol. The molecule has 0 aliphatic heterocycles. The van der Waals surface area contributed by atoms with Crippen LogP contribution in [-0.2, 0) is 6.54 Å². The first kappa shape index (κ1) is 14.3. The summed E-state index contributed by atoms with van der Waals surface area (Å²) in [5, 5.41) is 7.48. The van der Waals surface area contributed by atoms with Crippen molar-refractivity contribution in [3.63, 3.8) is 0 Å². The molecular formula is C12H14Br2N4O. The van der Waals surface area contributed by atoms with E-state index in [4.69, 9.17) is 4.74 Å². The lowest BCUT2D eigenvalue weighted by molar-refractivity contribution is 0.312. The number of rotatable bonds is 6. The second-order valence-electron chi connectivity index (χ2n) is 3.93. The average molecular weight is 390 g/mol. The van der Waals surface area contributed by atoms with Crippen LogP contribution in [-0.4, -0.2) is 21.5 Å². The van der Waals surface area contributed by atoms with Gasteiger partial charge in [0.2, 0.25) is 0 Å². The molecule has 0 bridgehead atoms. The molecule has 0 radical (unpaired) electrons. The quantitative estimate of drug-likeness (QED) is 0.823. The molecule has 5 nitrogen and oxygen atoms in total. The third-order valence-electron chi connectivity index (χ3n) is 2.41. The Morgan fingerprint density at radius 2 is 2.00 bits per heavy atom. The van der Waals surface area contributed by atoms with Crippen molar-refractivity contribution < 1.29 is 4.74 Å². The fraction of sp³-hybridized carbons (Fsp3) is 0.333. The summed E-state index contributed by atoms with van der Waals surface area (Å²) in [5.41, 5.74) is 4.24. The van der Waals surface area contributed by atoms with Gasteiger partial charge in [-0.25, -0.2) is 4.68 Å². The third kappa shape index (κ3) is 3.94. The zero-order valence-electron chi connectivity index (χ0n) is 10.4. The van der Waals surface area contributed by atoms with Crippen molar-refractivity contribution in [3.05, 3.63) is 39.3 Å². The van der Waals surface area contributed by atoms with Crippen molar-refractivity contribution in [2.24, 2.45) is 0 Å². The van der Waals surface area contributed by atoms with Gasteiger partial charge in [-0.15, -0.1) is 10.2 Å². The molecule has 1 N–H and O–H groups in total. The van der Waals surface area contributed by atoms with E-state index in [2.05, 4.69) is 54.4 Å². The van der Waals surface area contributed by atoms with Gasteiger partial charge in [0.05, 0.1) is 17.6 Å². The Morgan fingerprint density at radius 1 is 1.26 bits per heavy atom. The summed E-state index contributed by atoms with van der Waals surface area (Å²) >= 11 is 7.02. The van der Waals surface area contributed by atoms with Crippen LogP contribution in [0.4, 0.5) is 0 Å². The molecule has 0 saturated heterocycles. The number of nitrogens with zero attached hydrogens (tertiary/aromatic N) is 3. The number of ether oxygens (including phenoxy) is 1. The maximum absolute atomic E-state index is 5.79. The van der Waals surface area contributed by atoms with E-state index in [9.17, 15) is 0 Å². The molecule has 0 amide bonds. The van der Waals surface area contributed by atoms with Crippen LogP contribution >= 0.6 is 31.9 Å². The van der Waals surface area contributed by atoms with E-state index in [0.29, 0.717) is 13.2 Å². The van der Waals surface area contributed by atoms with Crippen LogP contribution in [0.15, 0.2) is 33.7 Å². The normalized spacial score (nSPS) is 10.5. The van der Waals surface area contributed by atoms with Crippen molar-refractivity contribution in [2.75, 3.05) is 12.0 Å². The number of benzene rings is 1. The molecule has 19 heavy (non-hydrogen) atoms. The lowest BCUT2D eigenvalue weighted by Crippen LogP contribution is -2.13. The van der Waals surface area contributed by atoms with E-state index >= 15 is 0 Å². The number of hydrogen-bond donors (Lipinski definition) is 1. The van der Waals surface area contributed by atoms with Gasteiger partial charge in [0.25, 0.3) is 0 Å². The van der Waals surface area contributed by atoms with Crippen LogP contribution in [0.1, 0.15) is 18.9 Å². The molecule has 0 unspecified atom stereocenters. The molecule has 2 aromatic rings. The Morgan fingerprint density at radius 3 is 2.68 bits per heavy atom. The van der Waals surface area contributed by atoms with Crippen LogP contribution in [0.3, 0.4) is 0 Å². The van der Waals surface area contributed by atoms with Crippen molar-refractivity contribution >= 4 is 31.9 Å². The molecule has 0 spiro atoms. The highest BCUT2D eigenvalue weighted by Gasteiger charge is 2.10. The smallest absolute Gasteiger partial charge is 0.138 e. The topological polar surface area (TPSA) is 52.0 Å². The number of aromatic nitrogens is 3. The van der Waals surface area contributed by atoms with E-state index in [1.54, 1.807) is 17.3 Å². The third-order valence-corrected chi connectivity index (χ3v) is 3.45. The average Bonchev–Trinajstić information content (AvgIpc) is 2.88. The Balaban J connectivity index is 2.16. The predicted molar refractivity (Wildman–Crippen MR) is 80.7 cm³/mol. The fourth-order valence-corrected chi connectivity index (χ4v) is 3.00. The van der Waals surface area contributed by atoms with Gasteiger partial charge < -0.3 is 10.2 Å². The molecule has 1 aromatic carbocycles. The highest BCUT2D eigenvalue weighted by Crippen LogP contribution is 2.33. The summed E-state index contributed by atoms with van der Waals surface area (Å²) in [7, 11) is 0. The molecule has 7 heteroatoms. The van der Waals surface area contributed by atoms with Gasteiger partial charge >= 0.3 is 0 Å². The van der Waals surface area contributed by atoms with E-state index in [0.717, 1.165) is 26.7 Å². The second kappa shape index (κ2) is 6.91. The minimum Gasteiger partial charge on any atom is -0.492 e. The van der Waals surface area contributed by atoms with Gasteiger partial charge in [0.15, 0.2) is 0 Å². The highest BCUT2D eigenvalue weighted by molar-refractivity contribution is 9.11. The molecule has 0 fully saturated rings. The number of hydrogen-bond acceptors (Lipinski definition) is 4. The van der Waals surface area contributed by atoms with Crippen molar-refractivity contribution in [2.45, 2.75) is 19.9 Å². The van der Waals surface area contributed by atoms with E-state index < -0.39 is 0 Å². The van der Waals surface area contributed by atoms with Gasteiger partial charge in [0, 0.05) is 10.0 Å². The van der Waals surface area contributed by atoms with E-state index in [1.165, 1.54) is 0 Å². The van der Waals surface area contributed by atoms with Crippen molar-refractivity contribution in [1.82, 2.24) is 14.9 Å². The van der Waals surface area contributed by atoms with Crippen LogP contribution in [0.5, 0.6) is 5.75 Å². The minimum absolute atomic E-state index is 0.620. The zero-order valence-corrected chi connectivity index (χ0v) is 13.6. The van der Waals surface area contributed by atoms with Crippen LogP contribution in [0.25, 0.3) is 0 Å². The molecule has 0 saturated carbocycles. The highest BCUT2D eigenvalue weighted by atomic mass is 79.9.